The number of alkyl halides is 3. The molecule has 0 aliphatic heterocycles. The van der Waals surface area contributed by atoms with E-state index in [0.29, 0.717) is 6.42 Å². The molecule has 10 heteroatoms. The highest BCUT2D eigenvalue weighted by Gasteiger charge is 2.33. The van der Waals surface area contributed by atoms with E-state index < -0.39 is 11.7 Å². The molecule has 1 heterocycles. The maximum Gasteiger partial charge on any atom is 0.416 e. The van der Waals surface area contributed by atoms with Crippen molar-refractivity contribution in [3.05, 3.63) is 70.1 Å². The molecular formula is C24H25F3N4O3. The molecule has 0 atom stereocenters. The second-order valence-electron chi connectivity index (χ2n) is 8.21. The van der Waals surface area contributed by atoms with Gasteiger partial charge in [-0.25, -0.2) is 9.48 Å². The third-order valence-corrected chi connectivity index (χ3v) is 5.68. The standard InChI is InChI=1S/C24H25F3N4O3/c1-34-20-10-5-16(6-11-20)7-12-21(32)28-13-14-30-23(33)31(19-8-9-19)22(29-30)17-3-2-4-18(15-17)24(25,26)27/h2-6,10-11,15,19H,7-9,12-14H2,1H3,(H,28,32). The molecule has 0 saturated heterocycles. The highest BCUT2D eigenvalue weighted by Crippen LogP contribution is 2.37. The van der Waals surface area contributed by atoms with Crippen LogP contribution in [0, 0.1) is 0 Å². The second-order valence-corrected chi connectivity index (χ2v) is 8.21. The molecule has 1 N–H and O–H groups in total. The highest BCUT2D eigenvalue weighted by atomic mass is 19.4. The van der Waals surface area contributed by atoms with Crippen molar-refractivity contribution in [1.29, 1.82) is 0 Å². The van der Waals surface area contributed by atoms with Crippen molar-refractivity contribution < 1.29 is 22.7 Å². The maximum absolute atomic E-state index is 13.1. The van der Waals surface area contributed by atoms with Gasteiger partial charge in [-0.15, -0.1) is 5.10 Å². The molecule has 0 bridgehead atoms. The predicted molar refractivity (Wildman–Crippen MR) is 120 cm³/mol. The fourth-order valence-electron chi connectivity index (χ4n) is 3.70. The van der Waals surface area contributed by atoms with E-state index in [0.717, 1.165) is 36.3 Å². The first-order chi connectivity index (χ1) is 16.3. The van der Waals surface area contributed by atoms with Crippen LogP contribution in [-0.2, 0) is 23.9 Å². The Balaban J connectivity index is 1.40. The number of nitrogens with zero attached hydrogens (tertiary/aromatic N) is 3. The Bertz CT molecular complexity index is 1210. The van der Waals surface area contributed by atoms with E-state index in [4.69, 9.17) is 4.74 Å². The van der Waals surface area contributed by atoms with Gasteiger partial charge in [0.05, 0.1) is 19.2 Å². The lowest BCUT2D eigenvalue weighted by atomic mass is 10.1. The zero-order valence-corrected chi connectivity index (χ0v) is 18.6. The molecule has 0 radical (unpaired) electrons. The summed E-state index contributed by atoms with van der Waals surface area (Å²) in [7, 11) is 1.59. The summed E-state index contributed by atoms with van der Waals surface area (Å²) in [5, 5.41) is 7.08. The lowest BCUT2D eigenvalue weighted by Gasteiger charge is -2.09. The van der Waals surface area contributed by atoms with Crippen molar-refractivity contribution in [1.82, 2.24) is 19.7 Å². The summed E-state index contributed by atoms with van der Waals surface area (Å²) in [5.74, 6) is 0.793. The molecular weight excluding hydrogens is 449 g/mol. The minimum absolute atomic E-state index is 0.0649. The number of methoxy groups -OCH3 is 1. The average molecular weight is 474 g/mol. The zero-order chi connectivity index (χ0) is 24.3. The Kier molecular flexibility index (Phi) is 6.76. The van der Waals surface area contributed by atoms with Crippen LogP contribution in [0.5, 0.6) is 5.75 Å². The predicted octanol–water partition coefficient (Wildman–Crippen LogP) is 3.82. The third kappa shape index (κ3) is 5.49. The molecule has 0 spiro atoms. The topological polar surface area (TPSA) is 78.2 Å². The summed E-state index contributed by atoms with van der Waals surface area (Å²) in [6.45, 7) is 0.309. The smallest absolute Gasteiger partial charge is 0.416 e. The number of nitrogens with one attached hydrogen (secondary N) is 1. The van der Waals surface area contributed by atoms with Crippen LogP contribution in [0.3, 0.4) is 0 Å². The van der Waals surface area contributed by atoms with E-state index in [1.807, 2.05) is 24.3 Å². The van der Waals surface area contributed by atoms with E-state index in [-0.39, 0.29) is 48.5 Å². The minimum Gasteiger partial charge on any atom is -0.497 e. The van der Waals surface area contributed by atoms with Crippen LogP contribution >= 0.6 is 0 Å². The Labute approximate surface area is 194 Å². The number of carbonyl (C=O) groups excluding carboxylic acids is 1. The summed E-state index contributed by atoms with van der Waals surface area (Å²) in [4.78, 5) is 25.1. The van der Waals surface area contributed by atoms with Gasteiger partial charge in [0.2, 0.25) is 5.91 Å². The number of amides is 1. The lowest BCUT2D eigenvalue weighted by Crippen LogP contribution is -2.32. The van der Waals surface area contributed by atoms with Gasteiger partial charge in [0.25, 0.3) is 0 Å². The molecule has 4 rings (SSSR count). The van der Waals surface area contributed by atoms with Gasteiger partial charge in [-0.2, -0.15) is 13.2 Å². The number of carbonyl (C=O) groups is 1. The first-order valence-electron chi connectivity index (χ1n) is 11.0. The highest BCUT2D eigenvalue weighted by molar-refractivity contribution is 5.76. The number of halogens is 3. The number of hydrogen-bond acceptors (Lipinski definition) is 4. The number of rotatable bonds is 9. The lowest BCUT2D eigenvalue weighted by molar-refractivity contribution is -0.137. The molecule has 34 heavy (non-hydrogen) atoms. The van der Waals surface area contributed by atoms with Crippen molar-refractivity contribution in [2.75, 3.05) is 13.7 Å². The van der Waals surface area contributed by atoms with Gasteiger partial charge >= 0.3 is 11.9 Å². The molecule has 1 aliphatic carbocycles. The largest absolute Gasteiger partial charge is 0.497 e. The van der Waals surface area contributed by atoms with Gasteiger partial charge in [-0.3, -0.25) is 9.36 Å². The Morgan fingerprint density at radius 1 is 1.18 bits per heavy atom. The van der Waals surface area contributed by atoms with Crippen molar-refractivity contribution in [3.63, 3.8) is 0 Å². The second kappa shape index (κ2) is 9.74. The molecule has 1 aliphatic rings. The van der Waals surface area contributed by atoms with Crippen LogP contribution in [0.1, 0.15) is 36.4 Å². The summed E-state index contributed by atoms with van der Waals surface area (Å²) < 4.78 is 47.2. The molecule has 1 fully saturated rings. The maximum atomic E-state index is 13.1. The monoisotopic (exact) mass is 474 g/mol. The third-order valence-electron chi connectivity index (χ3n) is 5.68. The normalized spacial score (nSPS) is 13.6. The van der Waals surface area contributed by atoms with E-state index in [1.165, 1.54) is 21.4 Å². The van der Waals surface area contributed by atoms with E-state index in [1.54, 1.807) is 7.11 Å². The van der Waals surface area contributed by atoms with Crippen molar-refractivity contribution in [2.24, 2.45) is 0 Å². The van der Waals surface area contributed by atoms with Crippen LogP contribution in [0.2, 0.25) is 0 Å². The number of ether oxygens (including phenoxy) is 1. The SMILES string of the molecule is COc1ccc(CCC(=O)NCCn2nc(-c3cccc(C(F)(F)F)c3)n(C3CC3)c2=O)cc1. The quantitative estimate of drug-likeness (QED) is 0.512. The molecule has 1 amide bonds. The molecule has 180 valence electrons. The number of aryl methyl sites for hydroxylation is 1. The van der Waals surface area contributed by atoms with Crippen molar-refractivity contribution in [3.8, 4) is 17.1 Å². The Morgan fingerprint density at radius 2 is 1.91 bits per heavy atom. The van der Waals surface area contributed by atoms with Gasteiger partial charge in [0.1, 0.15) is 5.75 Å². The number of benzene rings is 2. The number of aromatic nitrogens is 3. The van der Waals surface area contributed by atoms with Crippen LogP contribution in [0.15, 0.2) is 53.3 Å². The molecule has 1 saturated carbocycles. The van der Waals surface area contributed by atoms with Crippen LogP contribution in [-0.4, -0.2) is 33.9 Å². The number of hydrogen-bond donors (Lipinski definition) is 1. The van der Waals surface area contributed by atoms with E-state index in [9.17, 15) is 22.8 Å². The van der Waals surface area contributed by atoms with Gasteiger partial charge in [0, 0.05) is 24.6 Å². The van der Waals surface area contributed by atoms with Crippen LogP contribution in [0.25, 0.3) is 11.4 Å². The van der Waals surface area contributed by atoms with E-state index in [2.05, 4.69) is 10.4 Å². The first kappa shape index (κ1) is 23.6. The average Bonchev–Trinajstić information content (AvgIpc) is 3.61. The fraction of sp³-hybridized carbons (Fsp3) is 0.375. The van der Waals surface area contributed by atoms with Crippen LogP contribution < -0.4 is 15.7 Å². The summed E-state index contributed by atoms with van der Waals surface area (Å²) >= 11 is 0. The van der Waals surface area contributed by atoms with Crippen molar-refractivity contribution in [2.45, 2.75) is 44.4 Å². The summed E-state index contributed by atoms with van der Waals surface area (Å²) in [5.41, 5.74) is 0.0584. The first-order valence-corrected chi connectivity index (χ1v) is 11.0. The summed E-state index contributed by atoms with van der Waals surface area (Å²) in [6, 6.07) is 12.2. The van der Waals surface area contributed by atoms with Gasteiger partial charge in [-0.05, 0) is 49.1 Å². The Morgan fingerprint density at radius 3 is 2.56 bits per heavy atom. The van der Waals surface area contributed by atoms with E-state index >= 15 is 0 Å². The van der Waals surface area contributed by atoms with Gasteiger partial charge in [-0.1, -0.05) is 24.3 Å². The van der Waals surface area contributed by atoms with Gasteiger partial charge in [0.15, 0.2) is 5.82 Å². The fourth-order valence-corrected chi connectivity index (χ4v) is 3.70. The molecule has 0 unspecified atom stereocenters. The molecule has 7 nitrogen and oxygen atoms in total. The van der Waals surface area contributed by atoms with Crippen molar-refractivity contribution >= 4 is 5.91 Å². The summed E-state index contributed by atoms with van der Waals surface area (Å²) in [6.07, 6.45) is -2.09. The minimum atomic E-state index is -4.49. The van der Waals surface area contributed by atoms with Crippen LogP contribution in [0.4, 0.5) is 13.2 Å². The Hall–Kier alpha value is -3.56. The molecule has 2 aromatic carbocycles. The van der Waals surface area contributed by atoms with Gasteiger partial charge < -0.3 is 10.1 Å². The molecule has 3 aromatic rings. The molecule has 1 aromatic heterocycles. The zero-order valence-electron chi connectivity index (χ0n) is 18.6.